The minimum absolute atomic E-state index is 0.0239. The van der Waals surface area contributed by atoms with E-state index in [0.717, 1.165) is 0 Å². The van der Waals surface area contributed by atoms with Crippen molar-refractivity contribution < 1.29 is 27.4 Å². The first kappa shape index (κ1) is 13.5. The van der Waals surface area contributed by atoms with Gasteiger partial charge in [0, 0.05) is 11.8 Å². The molecule has 1 atom stereocenters. The van der Waals surface area contributed by atoms with Gasteiger partial charge in [0.1, 0.15) is 6.10 Å². The number of ether oxygens (including phenoxy) is 2. The lowest BCUT2D eigenvalue weighted by Gasteiger charge is -2.12. The predicted molar refractivity (Wildman–Crippen MR) is 60.9 cm³/mol. The van der Waals surface area contributed by atoms with Crippen LogP contribution in [0.15, 0.2) is 18.2 Å². The molecule has 7 heteroatoms. The van der Waals surface area contributed by atoms with Crippen LogP contribution in [-0.2, 0) is 9.53 Å². The summed E-state index contributed by atoms with van der Waals surface area (Å²) >= 11 is 0. The smallest absolute Gasteiger partial charge is 0.377 e. The number of rotatable bonds is 4. The highest BCUT2D eigenvalue weighted by atomic mass is 19.3. The molecule has 19 heavy (non-hydrogen) atoms. The number of hydrogen-bond donors (Lipinski definition) is 1. The minimum Gasteiger partial charge on any atom is -0.494 e. The molecule has 0 saturated carbocycles. The monoisotopic (exact) mass is 275 g/mol. The number of carbonyl (C=O) groups excluding carboxylic acids is 1. The molecule has 1 unspecified atom stereocenters. The zero-order valence-corrected chi connectivity index (χ0v) is 10.1. The van der Waals surface area contributed by atoms with Crippen LogP contribution in [0.4, 0.5) is 18.9 Å². The average Bonchev–Trinajstić information content (AvgIpc) is 2.62. The van der Waals surface area contributed by atoms with E-state index in [4.69, 9.17) is 4.74 Å². The standard InChI is InChI=1S/C12H12F3NO3/c1-18-10-4-7(2-3-9(10)13)16-6-8-5-12(14,15)11(17)19-8/h2-4,8,16H,5-6H2,1H3. The molecule has 1 aromatic carbocycles. The molecule has 0 aromatic heterocycles. The number of hydrogen-bond acceptors (Lipinski definition) is 4. The quantitative estimate of drug-likeness (QED) is 0.856. The predicted octanol–water partition coefficient (Wildman–Crippen LogP) is 2.20. The summed E-state index contributed by atoms with van der Waals surface area (Å²) in [5.41, 5.74) is 0.490. The van der Waals surface area contributed by atoms with Crippen molar-refractivity contribution in [3.8, 4) is 5.75 Å². The molecule has 0 radical (unpaired) electrons. The van der Waals surface area contributed by atoms with E-state index in [0.29, 0.717) is 5.69 Å². The number of methoxy groups -OCH3 is 1. The second-order valence-electron chi connectivity index (χ2n) is 4.17. The lowest BCUT2D eigenvalue weighted by molar-refractivity contribution is -0.158. The van der Waals surface area contributed by atoms with Gasteiger partial charge in [-0.25, -0.2) is 9.18 Å². The van der Waals surface area contributed by atoms with Gasteiger partial charge < -0.3 is 14.8 Å². The topological polar surface area (TPSA) is 47.6 Å². The molecule has 1 fully saturated rings. The Bertz CT molecular complexity index is 493. The van der Waals surface area contributed by atoms with Crippen molar-refractivity contribution in [3.63, 3.8) is 0 Å². The Morgan fingerprint density at radius 1 is 1.53 bits per heavy atom. The Hall–Kier alpha value is -1.92. The van der Waals surface area contributed by atoms with Crippen molar-refractivity contribution in [2.45, 2.75) is 18.4 Å². The molecular formula is C12H12F3NO3. The fourth-order valence-corrected chi connectivity index (χ4v) is 1.76. The summed E-state index contributed by atoms with van der Waals surface area (Å²) in [7, 11) is 1.32. The summed E-state index contributed by atoms with van der Waals surface area (Å²) in [6.45, 7) is 0.0239. The van der Waals surface area contributed by atoms with Crippen molar-refractivity contribution in [1.82, 2.24) is 0 Å². The van der Waals surface area contributed by atoms with E-state index in [1.807, 2.05) is 0 Å². The van der Waals surface area contributed by atoms with Gasteiger partial charge in [0.25, 0.3) is 0 Å². The lowest BCUT2D eigenvalue weighted by atomic mass is 10.2. The first-order valence-corrected chi connectivity index (χ1v) is 5.58. The summed E-state index contributed by atoms with van der Waals surface area (Å²) in [5, 5.41) is 2.79. The van der Waals surface area contributed by atoms with Crippen LogP contribution < -0.4 is 10.1 Å². The van der Waals surface area contributed by atoms with Crippen LogP contribution in [0, 0.1) is 5.82 Å². The Balaban J connectivity index is 1.95. The maximum absolute atomic E-state index is 13.1. The van der Waals surface area contributed by atoms with Crippen molar-refractivity contribution in [3.05, 3.63) is 24.0 Å². The zero-order chi connectivity index (χ0) is 14.0. The number of carbonyl (C=O) groups is 1. The van der Waals surface area contributed by atoms with Crippen LogP contribution in [0.1, 0.15) is 6.42 Å². The van der Waals surface area contributed by atoms with Crippen molar-refractivity contribution >= 4 is 11.7 Å². The van der Waals surface area contributed by atoms with E-state index in [1.165, 1.54) is 25.3 Å². The number of esters is 1. The normalized spacial score (nSPS) is 21.1. The van der Waals surface area contributed by atoms with E-state index in [2.05, 4.69) is 10.1 Å². The highest BCUT2D eigenvalue weighted by Crippen LogP contribution is 2.31. The highest BCUT2D eigenvalue weighted by molar-refractivity contribution is 5.79. The van der Waals surface area contributed by atoms with Crippen molar-refractivity contribution in [2.24, 2.45) is 0 Å². The first-order valence-electron chi connectivity index (χ1n) is 5.58. The van der Waals surface area contributed by atoms with Crippen LogP contribution >= 0.6 is 0 Å². The molecule has 4 nitrogen and oxygen atoms in total. The fraction of sp³-hybridized carbons (Fsp3) is 0.417. The molecule has 1 aliphatic rings. The molecule has 1 heterocycles. The van der Waals surface area contributed by atoms with Crippen LogP contribution in [0.3, 0.4) is 0 Å². The van der Waals surface area contributed by atoms with Gasteiger partial charge in [0.2, 0.25) is 0 Å². The Kier molecular flexibility index (Phi) is 3.55. The Morgan fingerprint density at radius 2 is 2.26 bits per heavy atom. The molecule has 0 bridgehead atoms. The third-order valence-electron chi connectivity index (χ3n) is 2.74. The first-order chi connectivity index (χ1) is 8.92. The van der Waals surface area contributed by atoms with Gasteiger partial charge in [-0.1, -0.05) is 0 Å². The van der Waals surface area contributed by atoms with E-state index in [1.54, 1.807) is 0 Å². The molecule has 1 aromatic rings. The zero-order valence-electron chi connectivity index (χ0n) is 10.1. The second-order valence-corrected chi connectivity index (χ2v) is 4.17. The van der Waals surface area contributed by atoms with Crippen LogP contribution in [0.5, 0.6) is 5.75 Å². The van der Waals surface area contributed by atoms with Crippen molar-refractivity contribution in [1.29, 1.82) is 0 Å². The van der Waals surface area contributed by atoms with Gasteiger partial charge in [-0.15, -0.1) is 0 Å². The molecule has 2 rings (SSSR count). The van der Waals surface area contributed by atoms with E-state index >= 15 is 0 Å². The van der Waals surface area contributed by atoms with Crippen LogP contribution in [-0.4, -0.2) is 31.7 Å². The SMILES string of the molecule is COc1cc(NCC2CC(F)(F)C(=O)O2)ccc1F. The van der Waals surface area contributed by atoms with Crippen LogP contribution in [0.25, 0.3) is 0 Å². The molecule has 1 aliphatic heterocycles. The molecule has 1 N–H and O–H groups in total. The third-order valence-corrected chi connectivity index (χ3v) is 2.74. The maximum Gasteiger partial charge on any atom is 0.377 e. The second kappa shape index (κ2) is 4.99. The highest BCUT2D eigenvalue weighted by Gasteiger charge is 2.50. The van der Waals surface area contributed by atoms with Gasteiger partial charge in [0.05, 0.1) is 20.1 Å². The van der Waals surface area contributed by atoms with Crippen molar-refractivity contribution in [2.75, 3.05) is 19.0 Å². The Labute approximate surface area is 107 Å². The summed E-state index contributed by atoms with van der Waals surface area (Å²) in [4.78, 5) is 10.8. The molecule has 0 spiro atoms. The summed E-state index contributed by atoms with van der Waals surface area (Å²) in [6, 6.07) is 4.02. The van der Waals surface area contributed by atoms with E-state index in [9.17, 15) is 18.0 Å². The number of alkyl halides is 2. The number of benzene rings is 1. The molecule has 104 valence electrons. The number of anilines is 1. The lowest BCUT2D eigenvalue weighted by Crippen LogP contribution is -2.22. The van der Waals surface area contributed by atoms with Gasteiger partial charge in [-0.2, -0.15) is 8.78 Å². The van der Waals surface area contributed by atoms with E-state index < -0.39 is 30.2 Å². The number of cyclic esters (lactones) is 1. The summed E-state index contributed by atoms with van der Waals surface area (Å²) in [6.07, 6.45) is -1.56. The summed E-state index contributed by atoms with van der Waals surface area (Å²) < 4.78 is 48.3. The molecule has 1 saturated heterocycles. The largest absolute Gasteiger partial charge is 0.494 e. The Morgan fingerprint density at radius 3 is 2.84 bits per heavy atom. The minimum atomic E-state index is -3.42. The number of halogens is 3. The fourth-order valence-electron chi connectivity index (χ4n) is 1.76. The molecule has 0 amide bonds. The average molecular weight is 275 g/mol. The summed E-state index contributed by atoms with van der Waals surface area (Å²) in [5.74, 6) is -5.41. The molecule has 0 aliphatic carbocycles. The van der Waals surface area contributed by atoms with E-state index in [-0.39, 0.29) is 12.3 Å². The van der Waals surface area contributed by atoms with Gasteiger partial charge >= 0.3 is 11.9 Å². The number of nitrogens with one attached hydrogen (secondary N) is 1. The maximum atomic E-state index is 13.1. The third kappa shape index (κ3) is 2.91. The molecular weight excluding hydrogens is 263 g/mol. The van der Waals surface area contributed by atoms with Gasteiger partial charge in [0.15, 0.2) is 11.6 Å². The van der Waals surface area contributed by atoms with Gasteiger partial charge in [-0.3, -0.25) is 0 Å². The van der Waals surface area contributed by atoms with Gasteiger partial charge in [-0.05, 0) is 12.1 Å². The van der Waals surface area contributed by atoms with Crippen LogP contribution in [0.2, 0.25) is 0 Å².